The zero-order chi connectivity index (χ0) is 13.3. The first-order valence-electron chi connectivity index (χ1n) is 5.80. The van der Waals surface area contributed by atoms with E-state index < -0.39 is 5.97 Å². The summed E-state index contributed by atoms with van der Waals surface area (Å²) in [5.74, 6) is -0.874. The zero-order valence-corrected chi connectivity index (χ0v) is 10.8. The van der Waals surface area contributed by atoms with Gasteiger partial charge in [0.05, 0.1) is 5.56 Å². The molecule has 0 saturated carbocycles. The molecule has 4 heteroatoms. The van der Waals surface area contributed by atoms with Gasteiger partial charge in [0, 0.05) is 30.3 Å². The minimum atomic E-state index is -0.874. The molecule has 94 valence electrons. The molecule has 1 N–H and O–H groups in total. The highest BCUT2D eigenvalue weighted by Crippen LogP contribution is 2.18. The van der Waals surface area contributed by atoms with Crippen LogP contribution in [0.2, 0.25) is 0 Å². The predicted octanol–water partition coefficient (Wildman–Crippen LogP) is 2.55. The first kappa shape index (κ1) is 12.4. The van der Waals surface area contributed by atoms with E-state index in [1.54, 1.807) is 12.3 Å². The number of rotatable bonds is 3. The number of pyridine rings is 1. The van der Waals surface area contributed by atoms with Gasteiger partial charge in [0.1, 0.15) is 0 Å². The smallest absolute Gasteiger partial charge is 0.337 e. The van der Waals surface area contributed by atoms with Crippen molar-refractivity contribution in [3.63, 3.8) is 0 Å². The molecule has 0 aliphatic rings. The second kappa shape index (κ2) is 4.64. The van der Waals surface area contributed by atoms with Crippen molar-refractivity contribution in [3.8, 4) is 0 Å². The highest BCUT2D eigenvalue weighted by molar-refractivity contribution is 5.89. The molecule has 0 amide bonds. The van der Waals surface area contributed by atoms with Gasteiger partial charge >= 0.3 is 5.97 Å². The normalized spacial score (nSPS) is 10.6. The Bertz CT molecular complexity index is 600. The number of carboxylic acids is 1. The average Bonchev–Trinajstić information content (AvgIpc) is 2.60. The Hall–Kier alpha value is -2.10. The lowest BCUT2D eigenvalue weighted by Crippen LogP contribution is -2.07. The van der Waals surface area contributed by atoms with Crippen LogP contribution in [0.1, 0.15) is 32.9 Å². The molecule has 4 nitrogen and oxygen atoms in total. The molecule has 0 radical (unpaired) electrons. The minimum absolute atomic E-state index is 0.374. The van der Waals surface area contributed by atoms with Crippen LogP contribution in [0.5, 0.6) is 0 Å². The lowest BCUT2D eigenvalue weighted by Gasteiger charge is -2.11. The Labute approximate surface area is 106 Å². The molecular weight excluding hydrogens is 228 g/mol. The summed E-state index contributed by atoms with van der Waals surface area (Å²) in [5, 5.41) is 9.10. The Morgan fingerprint density at radius 1 is 1.39 bits per heavy atom. The molecule has 0 atom stereocenters. The molecule has 2 rings (SSSR count). The van der Waals surface area contributed by atoms with Gasteiger partial charge in [0.2, 0.25) is 0 Å². The summed E-state index contributed by atoms with van der Waals surface area (Å²) in [5.41, 5.74) is 4.39. The number of aromatic carboxylic acids is 1. The van der Waals surface area contributed by atoms with Gasteiger partial charge in [-0.05, 0) is 44.0 Å². The van der Waals surface area contributed by atoms with Crippen molar-refractivity contribution < 1.29 is 9.90 Å². The maximum atomic E-state index is 11.1. The van der Waals surface area contributed by atoms with Gasteiger partial charge in [-0.3, -0.25) is 4.98 Å². The standard InChI is InChI=1S/C14H16N2O2/c1-9-7-15-5-4-12(9)8-16-10(2)6-13(11(16)3)14(17)18/h4-7H,8H2,1-3H3,(H,17,18). The number of hydrogen-bond acceptors (Lipinski definition) is 2. The predicted molar refractivity (Wildman–Crippen MR) is 68.9 cm³/mol. The van der Waals surface area contributed by atoms with Gasteiger partial charge in [0.25, 0.3) is 0 Å². The summed E-state index contributed by atoms with van der Waals surface area (Å²) in [6.07, 6.45) is 3.58. The van der Waals surface area contributed by atoms with E-state index in [9.17, 15) is 4.79 Å². The zero-order valence-electron chi connectivity index (χ0n) is 10.8. The van der Waals surface area contributed by atoms with Gasteiger partial charge in [-0.2, -0.15) is 0 Å². The van der Waals surface area contributed by atoms with Gasteiger partial charge in [-0.1, -0.05) is 0 Å². The highest BCUT2D eigenvalue weighted by atomic mass is 16.4. The monoisotopic (exact) mass is 244 g/mol. The molecular formula is C14H16N2O2. The third-order valence-corrected chi connectivity index (χ3v) is 3.27. The topological polar surface area (TPSA) is 55.1 Å². The van der Waals surface area contributed by atoms with Gasteiger partial charge in [-0.25, -0.2) is 4.79 Å². The molecule has 0 aliphatic heterocycles. The second-order valence-corrected chi connectivity index (χ2v) is 4.48. The molecule has 0 aromatic carbocycles. The van der Waals surface area contributed by atoms with E-state index >= 15 is 0 Å². The lowest BCUT2D eigenvalue weighted by atomic mass is 10.1. The quantitative estimate of drug-likeness (QED) is 0.902. The van der Waals surface area contributed by atoms with Crippen molar-refractivity contribution in [1.82, 2.24) is 9.55 Å². The minimum Gasteiger partial charge on any atom is -0.478 e. The third-order valence-electron chi connectivity index (χ3n) is 3.27. The number of aromatic nitrogens is 2. The van der Waals surface area contributed by atoms with E-state index in [0.717, 1.165) is 22.5 Å². The Kier molecular flexibility index (Phi) is 3.19. The molecule has 0 bridgehead atoms. The highest BCUT2D eigenvalue weighted by Gasteiger charge is 2.14. The van der Waals surface area contributed by atoms with Gasteiger partial charge in [-0.15, -0.1) is 0 Å². The summed E-state index contributed by atoms with van der Waals surface area (Å²) >= 11 is 0. The van der Waals surface area contributed by atoms with Crippen LogP contribution < -0.4 is 0 Å². The summed E-state index contributed by atoms with van der Waals surface area (Å²) in [7, 11) is 0. The van der Waals surface area contributed by atoms with Gasteiger partial charge < -0.3 is 9.67 Å². The first-order chi connectivity index (χ1) is 8.50. The van der Waals surface area contributed by atoms with Crippen molar-refractivity contribution in [2.24, 2.45) is 0 Å². The first-order valence-corrected chi connectivity index (χ1v) is 5.80. The molecule has 0 saturated heterocycles. The average molecular weight is 244 g/mol. The molecule has 0 aliphatic carbocycles. The van der Waals surface area contributed by atoms with Crippen molar-refractivity contribution in [2.45, 2.75) is 27.3 Å². The second-order valence-electron chi connectivity index (χ2n) is 4.48. The lowest BCUT2D eigenvalue weighted by molar-refractivity contribution is 0.0696. The van der Waals surface area contributed by atoms with E-state index in [-0.39, 0.29) is 0 Å². The summed E-state index contributed by atoms with van der Waals surface area (Å²) < 4.78 is 2.02. The van der Waals surface area contributed by atoms with Gasteiger partial charge in [0.15, 0.2) is 0 Å². The molecule has 18 heavy (non-hydrogen) atoms. The number of nitrogens with zero attached hydrogens (tertiary/aromatic N) is 2. The van der Waals surface area contributed by atoms with E-state index in [1.807, 2.05) is 37.6 Å². The van der Waals surface area contributed by atoms with Crippen molar-refractivity contribution in [3.05, 3.63) is 52.6 Å². The van der Waals surface area contributed by atoms with Crippen LogP contribution in [0.25, 0.3) is 0 Å². The fourth-order valence-electron chi connectivity index (χ4n) is 2.11. The van der Waals surface area contributed by atoms with Crippen LogP contribution in [-0.4, -0.2) is 20.6 Å². The molecule has 2 aromatic rings. The maximum Gasteiger partial charge on any atom is 0.337 e. The molecule has 0 unspecified atom stereocenters. The van der Waals surface area contributed by atoms with Crippen LogP contribution in [0.4, 0.5) is 0 Å². The van der Waals surface area contributed by atoms with E-state index in [4.69, 9.17) is 5.11 Å². The van der Waals surface area contributed by atoms with Crippen molar-refractivity contribution in [2.75, 3.05) is 0 Å². The Morgan fingerprint density at radius 3 is 2.67 bits per heavy atom. The SMILES string of the molecule is Cc1cnccc1Cn1c(C)cc(C(=O)O)c1C. The number of carbonyl (C=O) groups is 1. The molecule has 0 fully saturated rings. The fourth-order valence-corrected chi connectivity index (χ4v) is 2.11. The molecule has 0 spiro atoms. The summed E-state index contributed by atoms with van der Waals surface area (Å²) in [6, 6.07) is 3.68. The van der Waals surface area contributed by atoms with Crippen LogP contribution in [0, 0.1) is 20.8 Å². The fraction of sp³-hybridized carbons (Fsp3) is 0.286. The van der Waals surface area contributed by atoms with Crippen LogP contribution >= 0.6 is 0 Å². The number of hydrogen-bond donors (Lipinski definition) is 1. The van der Waals surface area contributed by atoms with Crippen LogP contribution in [-0.2, 0) is 6.54 Å². The van der Waals surface area contributed by atoms with Crippen LogP contribution in [0.3, 0.4) is 0 Å². The maximum absolute atomic E-state index is 11.1. The molecule has 2 aromatic heterocycles. The van der Waals surface area contributed by atoms with E-state index in [0.29, 0.717) is 12.1 Å². The number of aryl methyl sites for hydroxylation is 2. The van der Waals surface area contributed by atoms with Crippen LogP contribution in [0.15, 0.2) is 24.5 Å². The third kappa shape index (κ3) is 2.14. The number of carboxylic acid groups (broad SMARTS) is 1. The summed E-state index contributed by atoms with van der Waals surface area (Å²) in [4.78, 5) is 15.1. The summed E-state index contributed by atoms with van der Waals surface area (Å²) in [6.45, 7) is 6.46. The van der Waals surface area contributed by atoms with E-state index in [1.165, 1.54) is 0 Å². The van der Waals surface area contributed by atoms with E-state index in [2.05, 4.69) is 4.98 Å². The Morgan fingerprint density at radius 2 is 2.11 bits per heavy atom. The van der Waals surface area contributed by atoms with Crippen molar-refractivity contribution in [1.29, 1.82) is 0 Å². The largest absolute Gasteiger partial charge is 0.478 e. The van der Waals surface area contributed by atoms with Crippen molar-refractivity contribution >= 4 is 5.97 Å². The Balaban J connectivity index is 2.41. The molecule has 2 heterocycles.